The zero-order valence-corrected chi connectivity index (χ0v) is 13.2. The molecule has 6 heteroatoms. The Balaban J connectivity index is 2.58. The van der Waals surface area contributed by atoms with Crippen molar-refractivity contribution in [2.75, 3.05) is 6.61 Å². The number of hydrogen-bond donors (Lipinski definition) is 1. The second-order valence-electron chi connectivity index (χ2n) is 4.59. The van der Waals surface area contributed by atoms with Gasteiger partial charge in [-0.1, -0.05) is 48.7 Å². The number of rotatable bonds is 5. The summed E-state index contributed by atoms with van der Waals surface area (Å²) in [5.74, 6) is 0.490. The van der Waals surface area contributed by atoms with E-state index < -0.39 is 0 Å². The Hall–Kier alpha value is -0.640. The molecular formula is C13H16Cl3NO2. The highest BCUT2D eigenvalue weighted by atomic mass is 35.5. The molecule has 3 nitrogen and oxygen atoms in total. The monoisotopic (exact) mass is 323 g/mol. The van der Waals surface area contributed by atoms with Crippen molar-refractivity contribution in [3.8, 4) is 5.75 Å². The summed E-state index contributed by atoms with van der Waals surface area (Å²) in [7, 11) is 0. The van der Waals surface area contributed by atoms with E-state index in [1.165, 1.54) is 12.1 Å². The van der Waals surface area contributed by atoms with Crippen LogP contribution in [0.4, 0.5) is 0 Å². The summed E-state index contributed by atoms with van der Waals surface area (Å²) in [5, 5.41) is 3.82. The molecule has 0 aliphatic rings. The zero-order chi connectivity index (χ0) is 14.6. The van der Waals surface area contributed by atoms with E-state index in [0.717, 1.165) is 0 Å². The summed E-state index contributed by atoms with van der Waals surface area (Å²) in [6.07, 6.45) is 0. The Bertz CT molecular complexity index is 463. The lowest BCUT2D eigenvalue weighted by atomic mass is 10.1. The molecule has 0 bridgehead atoms. The Labute approximate surface area is 128 Å². The topological polar surface area (TPSA) is 38.3 Å². The molecule has 1 aromatic carbocycles. The molecule has 0 aromatic heterocycles. The minimum Gasteiger partial charge on any atom is -0.482 e. The standard InChI is InChI=1S/C13H16Cl3NO2/c1-7(2)8(3)17-13(18)6-19-12-5-10(15)9(14)4-11(12)16/h4-5,7-8H,6H2,1-3H3,(H,17,18)/t8-/m1/s1. The van der Waals surface area contributed by atoms with Crippen LogP contribution in [0.1, 0.15) is 20.8 Å². The van der Waals surface area contributed by atoms with Crippen LogP contribution in [-0.4, -0.2) is 18.6 Å². The van der Waals surface area contributed by atoms with Crippen LogP contribution in [0.2, 0.25) is 15.1 Å². The molecule has 0 radical (unpaired) electrons. The maximum absolute atomic E-state index is 11.7. The van der Waals surface area contributed by atoms with E-state index in [0.29, 0.717) is 26.7 Å². The summed E-state index contributed by atoms with van der Waals surface area (Å²) in [5.41, 5.74) is 0. The van der Waals surface area contributed by atoms with E-state index in [1.54, 1.807) is 0 Å². The van der Waals surface area contributed by atoms with Crippen molar-refractivity contribution in [2.45, 2.75) is 26.8 Å². The minimum absolute atomic E-state index is 0.0837. The lowest BCUT2D eigenvalue weighted by Gasteiger charge is -2.17. The highest BCUT2D eigenvalue weighted by Gasteiger charge is 2.13. The second-order valence-corrected chi connectivity index (χ2v) is 5.81. The first-order valence-corrected chi connectivity index (χ1v) is 7.01. The molecule has 0 unspecified atom stereocenters. The van der Waals surface area contributed by atoms with Crippen molar-refractivity contribution in [1.29, 1.82) is 0 Å². The number of halogens is 3. The summed E-state index contributed by atoms with van der Waals surface area (Å²) in [6, 6.07) is 3.06. The highest BCUT2D eigenvalue weighted by molar-refractivity contribution is 6.43. The van der Waals surface area contributed by atoms with E-state index in [2.05, 4.69) is 5.32 Å². The molecule has 0 fully saturated rings. The first-order valence-electron chi connectivity index (χ1n) is 5.88. The Morgan fingerprint density at radius 1 is 1.16 bits per heavy atom. The van der Waals surface area contributed by atoms with Crippen LogP contribution in [0.3, 0.4) is 0 Å². The maximum atomic E-state index is 11.7. The molecule has 0 spiro atoms. The van der Waals surface area contributed by atoms with Crippen LogP contribution in [0.25, 0.3) is 0 Å². The summed E-state index contributed by atoms with van der Waals surface area (Å²) < 4.78 is 5.33. The molecule has 1 amide bonds. The Morgan fingerprint density at radius 2 is 1.74 bits per heavy atom. The molecule has 1 N–H and O–H groups in total. The van der Waals surface area contributed by atoms with Crippen molar-refractivity contribution >= 4 is 40.7 Å². The largest absolute Gasteiger partial charge is 0.482 e. The molecule has 0 saturated heterocycles. The van der Waals surface area contributed by atoms with Crippen LogP contribution in [0.15, 0.2) is 12.1 Å². The SMILES string of the molecule is CC(C)[C@@H](C)NC(=O)COc1cc(Cl)c(Cl)cc1Cl. The lowest BCUT2D eigenvalue weighted by molar-refractivity contribution is -0.123. The van der Waals surface area contributed by atoms with Gasteiger partial charge in [-0.05, 0) is 18.9 Å². The van der Waals surface area contributed by atoms with Crippen molar-refractivity contribution in [3.05, 3.63) is 27.2 Å². The van der Waals surface area contributed by atoms with Gasteiger partial charge < -0.3 is 10.1 Å². The van der Waals surface area contributed by atoms with E-state index >= 15 is 0 Å². The molecule has 0 heterocycles. The predicted octanol–water partition coefficient (Wildman–Crippen LogP) is 4.19. The van der Waals surface area contributed by atoms with Gasteiger partial charge in [0.1, 0.15) is 5.75 Å². The second kappa shape index (κ2) is 7.22. The first-order chi connectivity index (χ1) is 8.81. The van der Waals surface area contributed by atoms with Gasteiger partial charge in [0.2, 0.25) is 0 Å². The minimum atomic E-state index is -0.205. The van der Waals surface area contributed by atoms with Gasteiger partial charge in [0.15, 0.2) is 6.61 Å². The van der Waals surface area contributed by atoms with Gasteiger partial charge >= 0.3 is 0 Å². The quantitative estimate of drug-likeness (QED) is 0.825. The van der Waals surface area contributed by atoms with Crippen molar-refractivity contribution < 1.29 is 9.53 Å². The zero-order valence-electron chi connectivity index (χ0n) is 11.0. The number of ether oxygens (including phenoxy) is 1. The van der Waals surface area contributed by atoms with Gasteiger partial charge in [-0.3, -0.25) is 4.79 Å². The van der Waals surface area contributed by atoms with E-state index in [-0.39, 0.29) is 18.6 Å². The average Bonchev–Trinajstić information content (AvgIpc) is 2.32. The van der Waals surface area contributed by atoms with Crippen LogP contribution < -0.4 is 10.1 Å². The van der Waals surface area contributed by atoms with Gasteiger partial charge in [-0.25, -0.2) is 0 Å². The van der Waals surface area contributed by atoms with E-state index in [1.807, 2.05) is 20.8 Å². The third kappa shape index (κ3) is 5.09. The predicted molar refractivity (Wildman–Crippen MR) is 79.4 cm³/mol. The lowest BCUT2D eigenvalue weighted by Crippen LogP contribution is -2.38. The highest BCUT2D eigenvalue weighted by Crippen LogP contribution is 2.33. The van der Waals surface area contributed by atoms with Gasteiger partial charge in [0, 0.05) is 12.1 Å². The van der Waals surface area contributed by atoms with Gasteiger partial charge in [0.25, 0.3) is 5.91 Å². The van der Waals surface area contributed by atoms with Gasteiger partial charge in [-0.2, -0.15) is 0 Å². The summed E-state index contributed by atoms with van der Waals surface area (Å²) in [6.45, 7) is 5.88. The third-order valence-corrected chi connectivity index (χ3v) is 3.74. The average molecular weight is 325 g/mol. The third-order valence-electron chi connectivity index (χ3n) is 2.72. The number of carbonyl (C=O) groups excluding carboxylic acids is 1. The molecule has 1 atom stereocenters. The Kier molecular flexibility index (Phi) is 6.24. The number of carbonyl (C=O) groups is 1. The van der Waals surface area contributed by atoms with E-state index in [4.69, 9.17) is 39.5 Å². The fourth-order valence-corrected chi connectivity index (χ4v) is 1.81. The van der Waals surface area contributed by atoms with Crippen LogP contribution >= 0.6 is 34.8 Å². The molecule has 0 saturated carbocycles. The smallest absolute Gasteiger partial charge is 0.258 e. The summed E-state index contributed by atoms with van der Waals surface area (Å²) in [4.78, 5) is 11.7. The van der Waals surface area contributed by atoms with Gasteiger partial charge in [0.05, 0.1) is 15.1 Å². The fraction of sp³-hybridized carbons (Fsp3) is 0.462. The number of hydrogen-bond acceptors (Lipinski definition) is 2. The van der Waals surface area contributed by atoms with E-state index in [9.17, 15) is 4.79 Å². The summed E-state index contributed by atoms with van der Waals surface area (Å²) >= 11 is 17.6. The number of nitrogens with one attached hydrogen (secondary N) is 1. The first kappa shape index (κ1) is 16.4. The fourth-order valence-electron chi connectivity index (χ4n) is 1.22. The molecule has 0 aliphatic heterocycles. The van der Waals surface area contributed by atoms with Crippen LogP contribution in [0, 0.1) is 5.92 Å². The van der Waals surface area contributed by atoms with Crippen LogP contribution in [0.5, 0.6) is 5.75 Å². The van der Waals surface area contributed by atoms with Crippen molar-refractivity contribution in [3.63, 3.8) is 0 Å². The van der Waals surface area contributed by atoms with Crippen molar-refractivity contribution in [2.24, 2.45) is 5.92 Å². The molecule has 19 heavy (non-hydrogen) atoms. The Morgan fingerprint density at radius 3 is 2.32 bits per heavy atom. The molecule has 1 aromatic rings. The molecule has 1 rings (SSSR count). The maximum Gasteiger partial charge on any atom is 0.258 e. The van der Waals surface area contributed by atoms with Gasteiger partial charge in [-0.15, -0.1) is 0 Å². The number of amides is 1. The van der Waals surface area contributed by atoms with Crippen molar-refractivity contribution in [1.82, 2.24) is 5.32 Å². The van der Waals surface area contributed by atoms with Crippen LogP contribution in [-0.2, 0) is 4.79 Å². The normalized spacial score (nSPS) is 12.4. The number of benzene rings is 1. The molecule has 106 valence electrons. The molecule has 0 aliphatic carbocycles. The molecular weight excluding hydrogens is 309 g/mol.